The molecule has 2 heterocycles. The Balaban J connectivity index is 1.31. The number of rotatable bonds is 8. The molecular formula is C23H23N7O2. The van der Waals surface area contributed by atoms with Gasteiger partial charge in [-0.05, 0) is 43.3 Å². The molecule has 0 aliphatic carbocycles. The minimum atomic E-state index is -0.280. The Bertz CT molecular complexity index is 1230. The molecule has 0 aliphatic heterocycles. The maximum Gasteiger partial charge on any atom is 0.271 e. The molecule has 0 spiro atoms. The van der Waals surface area contributed by atoms with E-state index >= 15 is 0 Å². The number of nitrogens with zero attached hydrogens (tertiary/aromatic N) is 4. The highest BCUT2D eigenvalue weighted by Crippen LogP contribution is 2.20. The number of fused-ring (bicyclic) bond motifs is 1. The molecule has 0 unspecified atom stereocenters. The SMILES string of the molecule is COc1ccc(Nc2cc(C)nc(NCCNC(=O)c3cnc4ccccc4n3)n2)cc1. The summed E-state index contributed by atoms with van der Waals surface area (Å²) >= 11 is 0. The van der Waals surface area contributed by atoms with Gasteiger partial charge in [0.25, 0.3) is 5.91 Å². The summed E-state index contributed by atoms with van der Waals surface area (Å²) in [6.07, 6.45) is 1.48. The van der Waals surface area contributed by atoms with Crippen LogP contribution in [0.5, 0.6) is 5.75 Å². The molecule has 4 rings (SSSR count). The Kier molecular flexibility index (Phi) is 6.35. The smallest absolute Gasteiger partial charge is 0.271 e. The quantitative estimate of drug-likeness (QED) is 0.366. The van der Waals surface area contributed by atoms with Crippen molar-refractivity contribution in [3.05, 3.63) is 72.2 Å². The van der Waals surface area contributed by atoms with E-state index in [0.29, 0.717) is 30.4 Å². The summed E-state index contributed by atoms with van der Waals surface area (Å²) in [6.45, 7) is 2.73. The molecule has 9 nitrogen and oxygen atoms in total. The third-order valence-electron chi connectivity index (χ3n) is 4.59. The summed E-state index contributed by atoms with van der Waals surface area (Å²) in [4.78, 5) is 29.9. The Morgan fingerprint density at radius 2 is 1.75 bits per heavy atom. The standard InChI is InChI=1S/C23H23N7O2/c1-15-13-21(28-16-7-9-17(32-2)10-8-16)30-23(27-15)25-12-11-24-22(31)20-14-26-18-5-3-4-6-19(18)29-20/h3-10,13-14H,11-12H2,1-2H3,(H,24,31)(H2,25,27,28,30). The van der Waals surface area contributed by atoms with Gasteiger partial charge in [0, 0.05) is 30.5 Å². The number of carbonyl (C=O) groups is 1. The monoisotopic (exact) mass is 429 g/mol. The number of benzene rings is 2. The van der Waals surface area contributed by atoms with Crippen LogP contribution in [0.2, 0.25) is 0 Å². The van der Waals surface area contributed by atoms with E-state index < -0.39 is 0 Å². The molecule has 2 aromatic heterocycles. The second kappa shape index (κ2) is 9.69. The summed E-state index contributed by atoms with van der Waals surface area (Å²) in [6, 6.07) is 16.9. The van der Waals surface area contributed by atoms with Crippen molar-refractivity contribution in [1.82, 2.24) is 25.3 Å². The number of aromatic nitrogens is 4. The number of aryl methyl sites for hydroxylation is 1. The van der Waals surface area contributed by atoms with Gasteiger partial charge in [0.2, 0.25) is 5.95 Å². The number of anilines is 3. The Labute approximate surface area is 185 Å². The van der Waals surface area contributed by atoms with Gasteiger partial charge in [0.05, 0.1) is 24.3 Å². The Hall–Kier alpha value is -4.27. The first-order chi connectivity index (χ1) is 15.6. The summed E-state index contributed by atoms with van der Waals surface area (Å²) < 4.78 is 5.18. The topological polar surface area (TPSA) is 114 Å². The largest absolute Gasteiger partial charge is 0.497 e. The van der Waals surface area contributed by atoms with Crippen LogP contribution < -0.4 is 20.7 Å². The molecule has 0 saturated heterocycles. The molecule has 0 saturated carbocycles. The van der Waals surface area contributed by atoms with E-state index in [2.05, 4.69) is 35.9 Å². The highest BCUT2D eigenvalue weighted by molar-refractivity contribution is 5.93. The average Bonchev–Trinajstić information content (AvgIpc) is 2.81. The first kappa shape index (κ1) is 21.0. The van der Waals surface area contributed by atoms with Crippen LogP contribution in [0.4, 0.5) is 17.5 Å². The molecule has 9 heteroatoms. The van der Waals surface area contributed by atoms with Crippen molar-refractivity contribution < 1.29 is 9.53 Å². The van der Waals surface area contributed by atoms with Gasteiger partial charge in [-0.1, -0.05) is 12.1 Å². The third-order valence-corrected chi connectivity index (χ3v) is 4.59. The molecule has 0 fully saturated rings. The van der Waals surface area contributed by atoms with E-state index in [0.717, 1.165) is 22.6 Å². The van der Waals surface area contributed by atoms with Crippen molar-refractivity contribution in [3.8, 4) is 5.75 Å². The lowest BCUT2D eigenvalue weighted by molar-refractivity contribution is 0.0950. The molecule has 3 N–H and O–H groups in total. The number of para-hydroxylation sites is 2. The summed E-state index contributed by atoms with van der Waals surface area (Å²) in [5.41, 5.74) is 3.42. The lowest BCUT2D eigenvalue weighted by atomic mass is 10.3. The summed E-state index contributed by atoms with van der Waals surface area (Å²) in [5.74, 6) is 1.65. The molecule has 4 aromatic rings. The van der Waals surface area contributed by atoms with Crippen LogP contribution in [-0.4, -0.2) is 46.0 Å². The van der Waals surface area contributed by atoms with Gasteiger partial charge >= 0.3 is 0 Å². The molecule has 2 aromatic carbocycles. The number of nitrogens with one attached hydrogen (secondary N) is 3. The van der Waals surface area contributed by atoms with Crippen molar-refractivity contribution in [1.29, 1.82) is 0 Å². The lowest BCUT2D eigenvalue weighted by Crippen LogP contribution is -2.29. The van der Waals surface area contributed by atoms with Crippen molar-refractivity contribution in [2.45, 2.75) is 6.92 Å². The summed E-state index contributed by atoms with van der Waals surface area (Å²) in [5, 5.41) is 9.21. The van der Waals surface area contributed by atoms with Crippen molar-refractivity contribution in [3.63, 3.8) is 0 Å². The number of hydrogen-bond acceptors (Lipinski definition) is 8. The minimum Gasteiger partial charge on any atom is -0.497 e. The fraction of sp³-hybridized carbons (Fsp3) is 0.174. The molecule has 0 aliphatic rings. The van der Waals surface area contributed by atoms with Crippen LogP contribution in [0.3, 0.4) is 0 Å². The summed E-state index contributed by atoms with van der Waals surface area (Å²) in [7, 11) is 1.63. The molecule has 162 valence electrons. The Morgan fingerprint density at radius 3 is 2.53 bits per heavy atom. The van der Waals surface area contributed by atoms with E-state index in [1.54, 1.807) is 7.11 Å². The maximum absolute atomic E-state index is 12.4. The molecular weight excluding hydrogens is 406 g/mol. The van der Waals surface area contributed by atoms with Crippen molar-refractivity contribution in [2.75, 3.05) is 30.8 Å². The maximum atomic E-state index is 12.4. The van der Waals surface area contributed by atoms with Gasteiger partial charge in [-0.15, -0.1) is 0 Å². The Morgan fingerprint density at radius 1 is 0.969 bits per heavy atom. The fourth-order valence-electron chi connectivity index (χ4n) is 3.04. The van der Waals surface area contributed by atoms with Crippen LogP contribution in [0.15, 0.2) is 60.8 Å². The van der Waals surface area contributed by atoms with Gasteiger partial charge in [-0.3, -0.25) is 9.78 Å². The number of methoxy groups -OCH3 is 1. The van der Waals surface area contributed by atoms with E-state index in [1.165, 1.54) is 6.20 Å². The van der Waals surface area contributed by atoms with Crippen LogP contribution in [0.1, 0.15) is 16.2 Å². The number of ether oxygens (including phenoxy) is 1. The first-order valence-corrected chi connectivity index (χ1v) is 10.1. The lowest BCUT2D eigenvalue weighted by Gasteiger charge is -2.11. The number of amides is 1. The first-order valence-electron chi connectivity index (χ1n) is 10.1. The zero-order valence-electron chi connectivity index (χ0n) is 17.8. The van der Waals surface area contributed by atoms with Gasteiger partial charge < -0.3 is 20.7 Å². The van der Waals surface area contributed by atoms with Crippen LogP contribution in [-0.2, 0) is 0 Å². The highest BCUT2D eigenvalue weighted by atomic mass is 16.5. The van der Waals surface area contributed by atoms with Crippen LogP contribution in [0.25, 0.3) is 11.0 Å². The fourth-order valence-corrected chi connectivity index (χ4v) is 3.04. The zero-order valence-corrected chi connectivity index (χ0v) is 17.8. The van der Waals surface area contributed by atoms with Crippen molar-refractivity contribution in [2.24, 2.45) is 0 Å². The minimum absolute atomic E-state index is 0.279. The molecule has 0 atom stereocenters. The predicted octanol–water partition coefficient (Wildman–Crippen LogP) is 3.32. The molecule has 1 amide bonds. The average molecular weight is 429 g/mol. The van der Waals surface area contributed by atoms with Gasteiger partial charge in [0.1, 0.15) is 17.3 Å². The van der Waals surface area contributed by atoms with E-state index in [4.69, 9.17) is 4.74 Å². The van der Waals surface area contributed by atoms with Crippen molar-refractivity contribution >= 4 is 34.4 Å². The number of carbonyl (C=O) groups excluding carboxylic acids is 1. The molecule has 0 bridgehead atoms. The van der Waals surface area contributed by atoms with E-state index in [9.17, 15) is 4.79 Å². The van der Waals surface area contributed by atoms with E-state index in [-0.39, 0.29) is 11.6 Å². The van der Waals surface area contributed by atoms with Crippen LogP contribution >= 0.6 is 0 Å². The van der Waals surface area contributed by atoms with E-state index in [1.807, 2.05) is 61.5 Å². The number of hydrogen-bond donors (Lipinski definition) is 3. The highest BCUT2D eigenvalue weighted by Gasteiger charge is 2.09. The second-order valence-corrected chi connectivity index (χ2v) is 7.00. The van der Waals surface area contributed by atoms with Crippen LogP contribution in [0, 0.1) is 6.92 Å². The van der Waals surface area contributed by atoms with Gasteiger partial charge in [-0.2, -0.15) is 4.98 Å². The normalized spacial score (nSPS) is 10.6. The molecule has 32 heavy (non-hydrogen) atoms. The van der Waals surface area contributed by atoms with Gasteiger partial charge in [-0.25, -0.2) is 9.97 Å². The zero-order chi connectivity index (χ0) is 22.3. The third kappa shape index (κ3) is 5.25. The van der Waals surface area contributed by atoms with Gasteiger partial charge in [0.15, 0.2) is 0 Å². The molecule has 0 radical (unpaired) electrons. The predicted molar refractivity (Wildman–Crippen MR) is 123 cm³/mol. The second-order valence-electron chi connectivity index (χ2n) is 7.00.